The van der Waals surface area contributed by atoms with Crippen molar-refractivity contribution < 1.29 is 33.7 Å². The fraction of sp³-hybridized carbons (Fsp3) is 0.333. The molecule has 50 heavy (non-hydrogen) atoms. The fourth-order valence-corrected chi connectivity index (χ4v) is 5.63. The number of benzene rings is 3. The van der Waals surface area contributed by atoms with Gasteiger partial charge in [-0.3, -0.25) is 14.8 Å². The summed E-state index contributed by atoms with van der Waals surface area (Å²) in [6.07, 6.45) is 0.682. The van der Waals surface area contributed by atoms with Crippen LogP contribution in [0.25, 0.3) is 0 Å². The lowest BCUT2D eigenvalue weighted by molar-refractivity contribution is 0.0591. The predicted molar refractivity (Wildman–Crippen MR) is 189 cm³/mol. The Morgan fingerprint density at radius 1 is 0.600 bits per heavy atom. The van der Waals surface area contributed by atoms with Gasteiger partial charge in [-0.1, -0.05) is 42.5 Å². The van der Waals surface area contributed by atoms with Gasteiger partial charge in [-0.15, -0.1) is 0 Å². The van der Waals surface area contributed by atoms with Crippen LogP contribution < -0.4 is 5.32 Å². The monoisotopic (exact) mass is 682 g/mol. The summed E-state index contributed by atoms with van der Waals surface area (Å²) in [6, 6.07) is 28.2. The minimum absolute atomic E-state index is 0.137. The van der Waals surface area contributed by atoms with Gasteiger partial charge in [0.2, 0.25) is 0 Å². The van der Waals surface area contributed by atoms with Crippen molar-refractivity contribution in [3.05, 3.63) is 136 Å². The summed E-state index contributed by atoms with van der Waals surface area (Å²) in [5.41, 5.74) is 6.05. The third-order valence-corrected chi connectivity index (χ3v) is 8.01. The van der Waals surface area contributed by atoms with Gasteiger partial charge < -0.3 is 24.6 Å². The van der Waals surface area contributed by atoms with Crippen molar-refractivity contribution in [2.45, 2.75) is 39.1 Å². The van der Waals surface area contributed by atoms with Crippen LogP contribution in [-0.4, -0.2) is 85.4 Å². The molecule has 1 aromatic heterocycles. The van der Waals surface area contributed by atoms with Crippen LogP contribution in [0.2, 0.25) is 0 Å². The van der Waals surface area contributed by atoms with Crippen LogP contribution in [0, 0.1) is 0 Å². The van der Waals surface area contributed by atoms with E-state index in [0.717, 1.165) is 47.7 Å². The molecule has 0 spiro atoms. The van der Waals surface area contributed by atoms with Crippen molar-refractivity contribution >= 4 is 17.9 Å². The zero-order valence-corrected chi connectivity index (χ0v) is 29.0. The van der Waals surface area contributed by atoms with E-state index in [1.165, 1.54) is 21.3 Å². The average molecular weight is 683 g/mol. The van der Waals surface area contributed by atoms with Crippen molar-refractivity contribution in [3.8, 4) is 0 Å². The number of rotatable bonds is 19. The molecule has 0 saturated heterocycles. The van der Waals surface area contributed by atoms with E-state index < -0.39 is 11.9 Å². The van der Waals surface area contributed by atoms with Gasteiger partial charge in [0, 0.05) is 52.4 Å². The smallest absolute Gasteiger partial charge is 0.337 e. The summed E-state index contributed by atoms with van der Waals surface area (Å²) in [6.45, 7) is 5.00. The van der Waals surface area contributed by atoms with Crippen LogP contribution in [-0.2, 0) is 46.9 Å². The number of ether oxygens (including phenoxy) is 3. The Bertz CT molecular complexity index is 1650. The minimum atomic E-state index is -0.399. The second-order valence-corrected chi connectivity index (χ2v) is 11.9. The molecule has 0 radical (unpaired) electrons. The molecule has 3 aromatic carbocycles. The number of esters is 3. The summed E-state index contributed by atoms with van der Waals surface area (Å²) in [5, 5.41) is 12.5. The molecule has 0 aliphatic rings. The lowest BCUT2D eigenvalue weighted by Crippen LogP contribution is -2.32. The molecule has 4 aromatic rings. The van der Waals surface area contributed by atoms with Crippen LogP contribution in [0.5, 0.6) is 0 Å². The highest BCUT2D eigenvalue weighted by molar-refractivity contribution is 5.90. The van der Waals surface area contributed by atoms with Crippen molar-refractivity contribution in [1.29, 1.82) is 0 Å². The number of aliphatic hydroxyl groups is 1. The van der Waals surface area contributed by atoms with E-state index in [4.69, 9.17) is 24.3 Å². The first kappa shape index (κ1) is 37.9. The number of hydrogen-bond donors (Lipinski definition) is 2. The van der Waals surface area contributed by atoms with E-state index in [1.54, 1.807) is 18.2 Å². The van der Waals surface area contributed by atoms with E-state index in [0.29, 0.717) is 55.8 Å². The quantitative estimate of drug-likeness (QED) is 0.0817. The number of pyridine rings is 1. The number of nitrogens with one attached hydrogen (secondary N) is 1. The van der Waals surface area contributed by atoms with Crippen molar-refractivity contribution in [2.24, 2.45) is 0 Å². The van der Waals surface area contributed by atoms with Gasteiger partial charge >= 0.3 is 17.9 Å². The van der Waals surface area contributed by atoms with Crippen LogP contribution in [0.4, 0.5) is 0 Å². The summed E-state index contributed by atoms with van der Waals surface area (Å²) in [5.74, 6) is -1.18. The van der Waals surface area contributed by atoms with E-state index in [1.807, 2.05) is 72.8 Å². The number of carbonyl (C=O) groups is 3. The Hall–Kier alpha value is -4.94. The summed E-state index contributed by atoms with van der Waals surface area (Å²) in [4.78, 5) is 46.2. The van der Waals surface area contributed by atoms with Crippen molar-refractivity contribution in [3.63, 3.8) is 0 Å². The lowest BCUT2D eigenvalue weighted by Gasteiger charge is -2.24. The van der Waals surface area contributed by atoms with E-state index in [9.17, 15) is 14.4 Å². The summed E-state index contributed by atoms with van der Waals surface area (Å²) < 4.78 is 14.8. The molecule has 11 nitrogen and oxygen atoms in total. The van der Waals surface area contributed by atoms with Gasteiger partial charge in [0.05, 0.1) is 49.4 Å². The Morgan fingerprint density at radius 3 is 1.46 bits per heavy atom. The standard InChI is InChI=1S/C39H46N4O7/c1-48-37(45)32-12-4-9-29(21-32)24-42(19-18-40-17-8-20-44)27-35-15-7-16-36(41-35)28-43(25-30-10-5-13-33(22-30)38(46)49-2)26-31-11-6-14-34(23-31)39(47)50-3/h4-7,9-16,21-23,40,44H,8,17-20,24-28H2,1-3H3. The average Bonchev–Trinajstić information content (AvgIpc) is 3.14. The molecule has 0 atom stereocenters. The highest BCUT2D eigenvalue weighted by atomic mass is 16.5. The second kappa shape index (κ2) is 19.9. The molecule has 0 amide bonds. The van der Waals surface area contributed by atoms with E-state index >= 15 is 0 Å². The molecule has 0 fully saturated rings. The van der Waals surface area contributed by atoms with Crippen LogP contribution in [0.1, 0.15) is 65.6 Å². The van der Waals surface area contributed by atoms with Gasteiger partial charge in [0.1, 0.15) is 0 Å². The zero-order chi connectivity index (χ0) is 35.7. The highest BCUT2D eigenvalue weighted by Gasteiger charge is 2.16. The molecule has 0 aliphatic carbocycles. The molecule has 4 rings (SSSR count). The minimum Gasteiger partial charge on any atom is -0.465 e. The first-order valence-corrected chi connectivity index (χ1v) is 16.5. The van der Waals surface area contributed by atoms with Gasteiger partial charge in [-0.25, -0.2) is 14.4 Å². The van der Waals surface area contributed by atoms with Crippen LogP contribution in [0.15, 0.2) is 91.0 Å². The molecule has 0 bridgehead atoms. The number of aliphatic hydroxyl groups excluding tert-OH is 1. The fourth-order valence-electron chi connectivity index (χ4n) is 5.63. The van der Waals surface area contributed by atoms with Crippen molar-refractivity contribution in [2.75, 3.05) is 47.6 Å². The van der Waals surface area contributed by atoms with E-state index in [2.05, 4.69) is 15.1 Å². The molecule has 11 heteroatoms. The maximum atomic E-state index is 12.2. The number of aromatic nitrogens is 1. The van der Waals surface area contributed by atoms with Crippen LogP contribution >= 0.6 is 0 Å². The summed E-state index contributed by atoms with van der Waals surface area (Å²) in [7, 11) is 4.10. The van der Waals surface area contributed by atoms with Gasteiger partial charge in [-0.05, 0) is 78.2 Å². The van der Waals surface area contributed by atoms with Gasteiger partial charge in [0.15, 0.2) is 0 Å². The molecule has 0 aliphatic heterocycles. The molecule has 0 unspecified atom stereocenters. The maximum Gasteiger partial charge on any atom is 0.337 e. The first-order chi connectivity index (χ1) is 24.3. The van der Waals surface area contributed by atoms with Crippen molar-refractivity contribution in [1.82, 2.24) is 20.1 Å². The molecular weight excluding hydrogens is 636 g/mol. The lowest BCUT2D eigenvalue weighted by atomic mass is 10.1. The molecule has 0 saturated carbocycles. The third kappa shape index (κ3) is 11.9. The molecule has 2 N–H and O–H groups in total. The number of nitrogens with zero attached hydrogens (tertiary/aromatic N) is 3. The number of carbonyl (C=O) groups excluding carboxylic acids is 3. The highest BCUT2D eigenvalue weighted by Crippen LogP contribution is 2.18. The molecule has 264 valence electrons. The normalized spacial score (nSPS) is 11.1. The Morgan fingerprint density at radius 2 is 1.02 bits per heavy atom. The first-order valence-electron chi connectivity index (χ1n) is 16.5. The molecular formula is C39H46N4O7. The Kier molecular flexibility index (Phi) is 15.1. The van der Waals surface area contributed by atoms with Gasteiger partial charge in [-0.2, -0.15) is 0 Å². The summed E-state index contributed by atoms with van der Waals surface area (Å²) >= 11 is 0. The second-order valence-electron chi connectivity index (χ2n) is 11.9. The Labute approximate surface area is 293 Å². The SMILES string of the molecule is COC(=O)c1cccc(CN(CCNCCCO)Cc2cccc(CN(Cc3cccc(C(=O)OC)c3)Cc3cccc(C(=O)OC)c3)n2)c1. The zero-order valence-electron chi connectivity index (χ0n) is 29.0. The largest absolute Gasteiger partial charge is 0.465 e. The third-order valence-electron chi connectivity index (χ3n) is 8.01. The predicted octanol–water partition coefficient (Wildman–Crippen LogP) is 4.62. The number of methoxy groups -OCH3 is 3. The van der Waals surface area contributed by atoms with Crippen LogP contribution in [0.3, 0.4) is 0 Å². The van der Waals surface area contributed by atoms with Gasteiger partial charge in [0.25, 0.3) is 0 Å². The topological polar surface area (TPSA) is 131 Å². The Balaban J connectivity index is 1.56. The van der Waals surface area contributed by atoms with E-state index in [-0.39, 0.29) is 12.6 Å². The maximum absolute atomic E-state index is 12.2. The molecule has 1 heterocycles. The number of hydrogen-bond acceptors (Lipinski definition) is 11.